The molecular weight excluding hydrogens is 244 g/mol. The lowest BCUT2D eigenvalue weighted by Gasteiger charge is -2.23. The minimum atomic E-state index is -3.45. The van der Waals surface area contributed by atoms with Crippen LogP contribution in [0.25, 0.3) is 0 Å². The molecule has 3 N–H and O–H groups in total. The van der Waals surface area contributed by atoms with Crippen molar-refractivity contribution in [3.63, 3.8) is 0 Å². The van der Waals surface area contributed by atoms with Crippen molar-refractivity contribution in [3.05, 3.63) is 16.5 Å². The maximum Gasteiger partial charge on any atom is 0.250 e. The van der Waals surface area contributed by atoms with Crippen molar-refractivity contribution in [3.8, 4) is 0 Å². The Labute approximate surface area is 101 Å². The van der Waals surface area contributed by atoms with Crippen LogP contribution in [0.15, 0.2) is 10.3 Å². The summed E-state index contributed by atoms with van der Waals surface area (Å²) >= 11 is 1.28. The second-order valence-electron chi connectivity index (χ2n) is 4.52. The van der Waals surface area contributed by atoms with E-state index in [-0.39, 0.29) is 6.54 Å². The highest BCUT2D eigenvalue weighted by molar-refractivity contribution is 7.91. The molecule has 0 bridgehead atoms. The van der Waals surface area contributed by atoms with Gasteiger partial charge >= 0.3 is 0 Å². The Morgan fingerprint density at radius 2 is 2.00 bits per heavy atom. The van der Waals surface area contributed by atoms with Gasteiger partial charge < -0.3 is 5.73 Å². The first-order chi connectivity index (χ1) is 7.18. The molecule has 1 aromatic heterocycles. The van der Waals surface area contributed by atoms with Crippen molar-refractivity contribution in [2.75, 3.05) is 6.54 Å². The Morgan fingerprint density at radius 3 is 2.38 bits per heavy atom. The van der Waals surface area contributed by atoms with Gasteiger partial charge in [0.2, 0.25) is 0 Å². The molecule has 4 nitrogen and oxygen atoms in total. The normalized spacial score (nSPS) is 13.1. The van der Waals surface area contributed by atoms with E-state index in [1.54, 1.807) is 20.8 Å². The maximum absolute atomic E-state index is 12.1. The van der Waals surface area contributed by atoms with Crippen molar-refractivity contribution in [2.24, 2.45) is 5.73 Å². The second kappa shape index (κ2) is 4.44. The van der Waals surface area contributed by atoms with Gasteiger partial charge in [-0.15, -0.1) is 11.3 Å². The van der Waals surface area contributed by atoms with Gasteiger partial charge in [0.25, 0.3) is 10.0 Å². The van der Waals surface area contributed by atoms with Crippen LogP contribution in [0.1, 0.15) is 24.3 Å². The zero-order valence-electron chi connectivity index (χ0n) is 9.99. The molecule has 0 fully saturated rings. The van der Waals surface area contributed by atoms with E-state index in [0.717, 1.165) is 10.4 Å². The standard InChI is InChI=1S/C10H18N2O2S2/c1-7-5-8(2)15-9(7)16(13,14)12-10(3,4)6-11/h5,12H,6,11H2,1-4H3. The molecule has 92 valence electrons. The number of sulfonamides is 1. The Bertz CT molecular complexity index is 475. The lowest BCUT2D eigenvalue weighted by atomic mass is 10.1. The fourth-order valence-electron chi connectivity index (χ4n) is 1.34. The van der Waals surface area contributed by atoms with Crippen LogP contribution in [0.4, 0.5) is 0 Å². The highest BCUT2D eigenvalue weighted by Crippen LogP contribution is 2.26. The molecule has 1 aromatic rings. The predicted octanol–water partition coefficient (Wildman–Crippen LogP) is 1.38. The first-order valence-corrected chi connectivity index (χ1v) is 7.29. The van der Waals surface area contributed by atoms with E-state index in [1.165, 1.54) is 11.3 Å². The first-order valence-electron chi connectivity index (χ1n) is 4.99. The largest absolute Gasteiger partial charge is 0.329 e. The van der Waals surface area contributed by atoms with Crippen molar-refractivity contribution < 1.29 is 8.42 Å². The average molecular weight is 262 g/mol. The Hall–Kier alpha value is -0.430. The number of rotatable bonds is 4. The van der Waals surface area contributed by atoms with Crippen LogP contribution in [0.2, 0.25) is 0 Å². The molecule has 0 aliphatic rings. The smallest absolute Gasteiger partial charge is 0.250 e. The minimum Gasteiger partial charge on any atom is -0.329 e. The summed E-state index contributed by atoms with van der Waals surface area (Å²) in [7, 11) is -3.45. The van der Waals surface area contributed by atoms with E-state index < -0.39 is 15.6 Å². The summed E-state index contributed by atoms with van der Waals surface area (Å²) in [4.78, 5) is 0.989. The van der Waals surface area contributed by atoms with Gasteiger partial charge in [-0.3, -0.25) is 0 Å². The molecule has 0 radical (unpaired) electrons. The number of nitrogens with one attached hydrogen (secondary N) is 1. The minimum absolute atomic E-state index is 0.260. The van der Waals surface area contributed by atoms with Crippen LogP contribution in [0.5, 0.6) is 0 Å². The first kappa shape index (κ1) is 13.6. The monoisotopic (exact) mass is 262 g/mol. The van der Waals surface area contributed by atoms with E-state index in [2.05, 4.69) is 4.72 Å². The molecule has 0 saturated heterocycles. The summed E-state index contributed by atoms with van der Waals surface area (Å²) in [5.41, 5.74) is 5.67. The summed E-state index contributed by atoms with van der Waals surface area (Å²) in [6.07, 6.45) is 0. The zero-order chi connectivity index (χ0) is 12.6. The van der Waals surface area contributed by atoms with Crippen molar-refractivity contribution in [1.29, 1.82) is 0 Å². The van der Waals surface area contributed by atoms with Crippen LogP contribution in [0.3, 0.4) is 0 Å². The third-order valence-electron chi connectivity index (χ3n) is 2.16. The average Bonchev–Trinajstić information content (AvgIpc) is 2.44. The van der Waals surface area contributed by atoms with Crippen molar-refractivity contribution in [2.45, 2.75) is 37.4 Å². The molecule has 0 amide bonds. The Morgan fingerprint density at radius 1 is 1.44 bits per heavy atom. The second-order valence-corrected chi connectivity index (χ2v) is 7.66. The van der Waals surface area contributed by atoms with E-state index in [9.17, 15) is 8.42 Å². The molecule has 0 aliphatic heterocycles. The summed E-state index contributed by atoms with van der Waals surface area (Å²) in [6, 6.07) is 1.87. The highest BCUT2D eigenvalue weighted by atomic mass is 32.2. The van der Waals surface area contributed by atoms with Crippen LogP contribution in [-0.4, -0.2) is 20.5 Å². The van der Waals surface area contributed by atoms with Gasteiger partial charge in [0, 0.05) is 17.0 Å². The number of hydrogen-bond acceptors (Lipinski definition) is 4. The van der Waals surface area contributed by atoms with Crippen molar-refractivity contribution in [1.82, 2.24) is 4.72 Å². The summed E-state index contributed by atoms with van der Waals surface area (Å²) in [5.74, 6) is 0. The van der Waals surface area contributed by atoms with E-state index >= 15 is 0 Å². The molecule has 1 heterocycles. The quantitative estimate of drug-likeness (QED) is 0.861. The van der Waals surface area contributed by atoms with E-state index in [1.807, 2.05) is 13.0 Å². The summed E-state index contributed by atoms with van der Waals surface area (Å²) < 4.78 is 27.2. The molecule has 0 unspecified atom stereocenters. The third-order valence-corrected chi connectivity index (χ3v) is 5.65. The highest BCUT2D eigenvalue weighted by Gasteiger charge is 2.27. The topological polar surface area (TPSA) is 72.2 Å². The molecule has 16 heavy (non-hydrogen) atoms. The van der Waals surface area contributed by atoms with Gasteiger partial charge in [-0.1, -0.05) is 0 Å². The molecule has 1 rings (SSSR count). The molecule has 0 aliphatic carbocycles. The van der Waals surface area contributed by atoms with Crippen LogP contribution in [-0.2, 0) is 10.0 Å². The molecule has 0 saturated carbocycles. The summed E-state index contributed by atoms with van der Waals surface area (Å²) in [6.45, 7) is 7.48. The Balaban J connectivity index is 3.09. The van der Waals surface area contributed by atoms with E-state index in [0.29, 0.717) is 4.21 Å². The van der Waals surface area contributed by atoms with Crippen LogP contribution in [0, 0.1) is 13.8 Å². The summed E-state index contributed by atoms with van der Waals surface area (Å²) in [5, 5.41) is 0. The predicted molar refractivity (Wildman–Crippen MR) is 67.2 cm³/mol. The van der Waals surface area contributed by atoms with Gasteiger partial charge in [-0.2, -0.15) is 0 Å². The third kappa shape index (κ3) is 3.04. The number of nitrogens with two attached hydrogens (primary N) is 1. The molecule has 0 aromatic carbocycles. The molecule has 6 heteroatoms. The van der Waals surface area contributed by atoms with Crippen LogP contribution < -0.4 is 10.5 Å². The van der Waals surface area contributed by atoms with Crippen LogP contribution >= 0.6 is 11.3 Å². The van der Waals surface area contributed by atoms with Crippen molar-refractivity contribution >= 4 is 21.4 Å². The Kier molecular flexibility index (Phi) is 3.79. The molecule has 0 spiro atoms. The number of thiophene rings is 1. The van der Waals surface area contributed by atoms with Gasteiger partial charge in [-0.05, 0) is 39.3 Å². The fourth-order valence-corrected chi connectivity index (χ4v) is 4.43. The lowest BCUT2D eigenvalue weighted by Crippen LogP contribution is -2.48. The maximum atomic E-state index is 12.1. The van der Waals surface area contributed by atoms with Gasteiger partial charge in [0.1, 0.15) is 4.21 Å². The number of aryl methyl sites for hydroxylation is 2. The lowest BCUT2D eigenvalue weighted by molar-refractivity contribution is 0.463. The molecular formula is C10H18N2O2S2. The van der Waals surface area contributed by atoms with Gasteiger partial charge in [-0.25, -0.2) is 13.1 Å². The van der Waals surface area contributed by atoms with Gasteiger partial charge in [0.05, 0.1) is 0 Å². The van der Waals surface area contributed by atoms with Gasteiger partial charge in [0.15, 0.2) is 0 Å². The molecule has 0 atom stereocenters. The fraction of sp³-hybridized carbons (Fsp3) is 0.600. The SMILES string of the molecule is Cc1cc(C)c(S(=O)(=O)NC(C)(C)CN)s1. The zero-order valence-corrected chi connectivity index (χ0v) is 11.6. The van der Waals surface area contributed by atoms with E-state index in [4.69, 9.17) is 5.73 Å². The number of hydrogen-bond donors (Lipinski definition) is 2.